The van der Waals surface area contributed by atoms with Gasteiger partial charge in [-0.15, -0.1) is 0 Å². The Kier molecular flexibility index (Phi) is 5.40. The Balaban J connectivity index is 1.96. The fraction of sp³-hybridized carbons (Fsp3) is 0.348. The molecule has 0 spiro atoms. The molecule has 1 aromatic heterocycles. The molecule has 0 amide bonds. The standard InChI is InChI=1S/C23H24FNO4S/c1-25-14-21(18-10-8-15(24)12-20(18)23(25)26)19-13-17(30(2,27)28)9-11-22(19)29-16-6-4-3-5-7-16/h8-14,16H,3-7H2,1-2H3. The molecule has 4 rings (SSSR count). The van der Waals surface area contributed by atoms with Crippen LogP contribution in [0.15, 0.2) is 52.3 Å². The first-order chi connectivity index (χ1) is 14.2. The van der Waals surface area contributed by atoms with E-state index in [1.165, 1.54) is 23.1 Å². The summed E-state index contributed by atoms with van der Waals surface area (Å²) >= 11 is 0. The van der Waals surface area contributed by atoms with Crippen LogP contribution in [-0.4, -0.2) is 25.3 Å². The van der Waals surface area contributed by atoms with Crippen LogP contribution in [0.25, 0.3) is 21.9 Å². The first-order valence-electron chi connectivity index (χ1n) is 10.0. The lowest BCUT2D eigenvalue weighted by Crippen LogP contribution is -2.20. The molecule has 3 aromatic rings. The summed E-state index contributed by atoms with van der Waals surface area (Å²) < 4.78 is 45.9. The van der Waals surface area contributed by atoms with Gasteiger partial charge >= 0.3 is 0 Å². The van der Waals surface area contributed by atoms with Crippen molar-refractivity contribution in [2.75, 3.05) is 6.26 Å². The maximum Gasteiger partial charge on any atom is 0.258 e. The van der Waals surface area contributed by atoms with Gasteiger partial charge in [-0.05, 0) is 61.4 Å². The Bertz CT molecular complexity index is 1270. The Morgan fingerprint density at radius 2 is 1.73 bits per heavy atom. The second-order valence-corrected chi connectivity index (χ2v) is 9.97. The van der Waals surface area contributed by atoms with Crippen LogP contribution in [0.4, 0.5) is 4.39 Å². The van der Waals surface area contributed by atoms with E-state index in [0.29, 0.717) is 22.3 Å². The summed E-state index contributed by atoms with van der Waals surface area (Å²) in [6.07, 6.45) is 8.17. The van der Waals surface area contributed by atoms with Crippen LogP contribution in [-0.2, 0) is 16.9 Å². The topological polar surface area (TPSA) is 65.4 Å². The van der Waals surface area contributed by atoms with Gasteiger partial charge in [-0.25, -0.2) is 12.8 Å². The van der Waals surface area contributed by atoms with Crippen molar-refractivity contribution in [3.63, 3.8) is 0 Å². The molecule has 0 unspecified atom stereocenters. The van der Waals surface area contributed by atoms with Crippen LogP contribution in [0.5, 0.6) is 5.75 Å². The van der Waals surface area contributed by atoms with Crippen molar-refractivity contribution in [2.24, 2.45) is 7.05 Å². The zero-order valence-electron chi connectivity index (χ0n) is 17.0. The highest BCUT2D eigenvalue weighted by Gasteiger charge is 2.21. The normalized spacial score (nSPS) is 15.4. The number of aryl methyl sites for hydroxylation is 1. The van der Waals surface area contributed by atoms with Crippen LogP contribution < -0.4 is 10.3 Å². The summed E-state index contributed by atoms with van der Waals surface area (Å²) in [5, 5.41) is 0.794. The van der Waals surface area contributed by atoms with Gasteiger partial charge in [0, 0.05) is 30.6 Å². The summed E-state index contributed by atoms with van der Waals surface area (Å²) in [5.74, 6) is 0.0684. The average molecular weight is 430 g/mol. The van der Waals surface area contributed by atoms with E-state index in [1.54, 1.807) is 37.5 Å². The van der Waals surface area contributed by atoms with E-state index in [1.807, 2.05) is 0 Å². The van der Waals surface area contributed by atoms with E-state index in [-0.39, 0.29) is 21.9 Å². The number of sulfone groups is 1. The molecular formula is C23H24FNO4S. The second kappa shape index (κ2) is 7.87. The number of pyridine rings is 1. The molecular weight excluding hydrogens is 405 g/mol. The summed E-state index contributed by atoms with van der Waals surface area (Å²) in [6, 6.07) is 8.87. The highest BCUT2D eigenvalue weighted by atomic mass is 32.2. The Morgan fingerprint density at radius 3 is 2.43 bits per heavy atom. The third kappa shape index (κ3) is 3.99. The lowest BCUT2D eigenvalue weighted by molar-refractivity contribution is 0.155. The smallest absolute Gasteiger partial charge is 0.258 e. The fourth-order valence-corrected chi connectivity index (χ4v) is 4.72. The lowest BCUT2D eigenvalue weighted by Gasteiger charge is -2.25. The first-order valence-corrected chi connectivity index (χ1v) is 11.9. The molecule has 158 valence electrons. The molecule has 1 fully saturated rings. The van der Waals surface area contributed by atoms with Gasteiger partial charge in [-0.2, -0.15) is 0 Å². The number of fused-ring (bicyclic) bond motifs is 1. The van der Waals surface area contributed by atoms with Crippen LogP contribution >= 0.6 is 0 Å². The van der Waals surface area contributed by atoms with Crippen LogP contribution in [0, 0.1) is 5.82 Å². The largest absolute Gasteiger partial charge is 0.490 e. The monoisotopic (exact) mass is 429 g/mol. The summed E-state index contributed by atoms with van der Waals surface area (Å²) in [6.45, 7) is 0. The molecule has 0 radical (unpaired) electrons. The number of hydrogen-bond acceptors (Lipinski definition) is 4. The molecule has 30 heavy (non-hydrogen) atoms. The van der Waals surface area contributed by atoms with Gasteiger partial charge in [-0.3, -0.25) is 4.79 Å². The number of ether oxygens (including phenoxy) is 1. The van der Waals surface area contributed by atoms with Crippen molar-refractivity contribution in [3.8, 4) is 16.9 Å². The molecule has 1 aliphatic rings. The highest BCUT2D eigenvalue weighted by molar-refractivity contribution is 7.90. The molecule has 1 heterocycles. The van der Waals surface area contributed by atoms with Crippen molar-refractivity contribution >= 4 is 20.6 Å². The molecule has 0 saturated heterocycles. The van der Waals surface area contributed by atoms with Crippen molar-refractivity contribution in [1.29, 1.82) is 0 Å². The highest BCUT2D eigenvalue weighted by Crippen LogP contribution is 2.37. The van der Waals surface area contributed by atoms with E-state index in [9.17, 15) is 17.6 Å². The number of aromatic nitrogens is 1. The SMILES string of the molecule is Cn1cc(-c2cc(S(C)(=O)=O)ccc2OC2CCCCC2)c2ccc(F)cc2c1=O. The van der Waals surface area contributed by atoms with Gasteiger partial charge in [0.05, 0.1) is 16.4 Å². The van der Waals surface area contributed by atoms with E-state index in [2.05, 4.69) is 0 Å². The van der Waals surface area contributed by atoms with E-state index >= 15 is 0 Å². The number of benzene rings is 2. The molecule has 0 N–H and O–H groups in total. The summed E-state index contributed by atoms with van der Waals surface area (Å²) in [7, 11) is -1.85. The first kappa shape index (κ1) is 20.6. The van der Waals surface area contributed by atoms with Gasteiger partial charge in [0.2, 0.25) is 0 Å². The summed E-state index contributed by atoms with van der Waals surface area (Å²) in [5.41, 5.74) is 0.890. The third-order valence-corrected chi connectivity index (χ3v) is 6.77. The van der Waals surface area contributed by atoms with Crippen molar-refractivity contribution in [2.45, 2.75) is 43.1 Å². The van der Waals surface area contributed by atoms with Gasteiger partial charge in [-0.1, -0.05) is 12.5 Å². The minimum absolute atomic E-state index is 0.0674. The molecule has 1 saturated carbocycles. The average Bonchev–Trinajstić information content (AvgIpc) is 2.71. The summed E-state index contributed by atoms with van der Waals surface area (Å²) in [4.78, 5) is 12.7. The van der Waals surface area contributed by atoms with E-state index in [4.69, 9.17) is 4.74 Å². The van der Waals surface area contributed by atoms with Gasteiger partial charge in [0.1, 0.15) is 11.6 Å². The maximum atomic E-state index is 13.8. The maximum absolute atomic E-state index is 13.8. The zero-order chi connectivity index (χ0) is 21.5. The van der Waals surface area contributed by atoms with Gasteiger partial charge in [0.25, 0.3) is 5.56 Å². The van der Waals surface area contributed by atoms with E-state index in [0.717, 1.165) is 31.9 Å². The lowest BCUT2D eigenvalue weighted by atomic mass is 9.97. The Hall–Kier alpha value is -2.67. The molecule has 1 aliphatic carbocycles. The van der Waals surface area contributed by atoms with Crippen molar-refractivity contribution in [3.05, 3.63) is 58.8 Å². The van der Waals surface area contributed by atoms with Crippen molar-refractivity contribution in [1.82, 2.24) is 4.57 Å². The Labute approximate surface area is 175 Å². The third-order valence-electron chi connectivity index (χ3n) is 5.66. The zero-order valence-corrected chi connectivity index (χ0v) is 17.8. The molecule has 2 aromatic carbocycles. The minimum Gasteiger partial charge on any atom is -0.490 e. The number of halogens is 1. The minimum atomic E-state index is -3.45. The van der Waals surface area contributed by atoms with Crippen molar-refractivity contribution < 1.29 is 17.5 Å². The molecule has 0 atom stereocenters. The molecule has 0 bridgehead atoms. The predicted octanol–water partition coefficient (Wildman–Crippen LogP) is 4.46. The number of nitrogens with zero attached hydrogens (tertiary/aromatic N) is 1. The van der Waals surface area contributed by atoms with Gasteiger partial charge in [0.15, 0.2) is 9.84 Å². The van der Waals surface area contributed by atoms with Crippen LogP contribution in [0.1, 0.15) is 32.1 Å². The molecule has 5 nitrogen and oxygen atoms in total. The second-order valence-electron chi connectivity index (χ2n) is 7.96. The molecule has 7 heteroatoms. The molecule has 0 aliphatic heterocycles. The number of rotatable bonds is 4. The Morgan fingerprint density at radius 1 is 1.00 bits per heavy atom. The van der Waals surface area contributed by atoms with Crippen LogP contribution in [0.3, 0.4) is 0 Å². The van der Waals surface area contributed by atoms with E-state index < -0.39 is 15.7 Å². The predicted molar refractivity (Wildman–Crippen MR) is 115 cm³/mol. The fourth-order valence-electron chi connectivity index (χ4n) is 4.07. The quantitative estimate of drug-likeness (QED) is 0.614. The number of hydrogen-bond donors (Lipinski definition) is 0. The van der Waals surface area contributed by atoms with Gasteiger partial charge < -0.3 is 9.30 Å². The van der Waals surface area contributed by atoms with Crippen LogP contribution in [0.2, 0.25) is 0 Å².